The highest BCUT2D eigenvalue weighted by Crippen LogP contribution is 2.15. The van der Waals surface area contributed by atoms with Crippen LogP contribution in [-0.4, -0.2) is 15.2 Å². The van der Waals surface area contributed by atoms with Crippen molar-refractivity contribution in [2.45, 2.75) is 38.1 Å². The topological polar surface area (TPSA) is 55.1 Å². The SMILES string of the molecule is CCc1cnc(CNC(=O)C(C)(C)Br)o1. The second kappa shape index (κ2) is 4.79. The van der Waals surface area contributed by atoms with Crippen molar-refractivity contribution < 1.29 is 9.21 Å². The van der Waals surface area contributed by atoms with Crippen LogP contribution in [0, 0.1) is 0 Å². The standard InChI is InChI=1S/C10H15BrN2O2/c1-4-7-5-12-8(15-7)6-13-9(14)10(2,3)11/h5H,4,6H2,1-3H3,(H,13,14). The van der Waals surface area contributed by atoms with Crippen LogP contribution in [0.1, 0.15) is 32.4 Å². The molecule has 1 aromatic heterocycles. The average Bonchev–Trinajstić information content (AvgIpc) is 2.60. The van der Waals surface area contributed by atoms with Crippen molar-refractivity contribution in [1.29, 1.82) is 0 Å². The van der Waals surface area contributed by atoms with Crippen molar-refractivity contribution in [2.75, 3.05) is 0 Å². The molecule has 0 aliphatic carbocycles. The van der Waals surface area contributed by atoms with Gasteiger partial charge < -0.3 is 9.73 Å². The van der Waals surface area contributed by atoms with Crippen LogP contribution in [-0.2, 0) is 17.8 Å². The van der Waals surface area contributed by atoms with Crippen LogP contribution >= 0.6 is 15.9 Å². The molecule has 4 nitrogen and oxygen atoms in total. The molecule has 0 aliphatic rings. The summed E-state index contributed by atoms with van der Waals surface area (Å²) in [6.45, 7) is 5.89. The summed E-state index contributed by atoms with van der Waals surface area (Å²) in [5.41, 5.74) is 0. The molecule has 84 valence electrons. The minimum atomic E-state index is -0.562. The normalized spacial score (nSPS) is 11.5. The molecule has 0 atom stereocenters. The summed E-state index contributed by atoms with van der Waals surface area (Å²) < 4.78 is 4.79. The van der Waals surface area contributed by atoms with Gasteiger partial charge in [-0.05, 0) is 13.8 Å². The quantitative estimate of drug-likeness (QED) is 0.855. The Labute approximate surface area is 97.6 Å². The van der Waals surface area contributed by atoms with Crippen LogP contribution in [0.4, 0.5) is 0 Å². The van der Waals surface area contributed by atoms with Gasteiger partial charge in [-0.2, -0.15) is 0 Å². The fourth-order valence-corrected chi connectivity index (χ4v) is 1.10. The molecule has 0 saturated carbocycles. The Balaban J connectivity index is 2.47. The lowest BCUT2D eigenvalue weighted by Crippen LogP contribution is -2.37. The number of aromatic nitrogens is 1. The molecular weight excluding hydrogens is 260 g/mol. The van der Waals surface area contributed by atoms with Gasteiger partial charge in [-0.1, -0.05) is 22.9 Å². The molecule has 0 unspecified atom stereocenters. The molecule has 15 heavy (non-hydrogen) atoms. The second-order valence-electron chi connectivity index (χ2n) is 3.73. The molecular formula is C10H15BrN2O2. The molecule has 5 heteroatoms. The van der Waals surface area contributed by atoms with Crippen molar-refractivity contribution in [1.82, 2.24) is 10.3 Å². The van der Waals surface area contributed by atoms with E-state index in [9.17, 15) is 4.79 Å². The summed E-state index contributed by atoms with van der Waals surface area (Å²) in [6.07, 6.45) is 2.49. The second-order valence-corrected chi connectivity index (χ2v) is 5.71. The van der Waals surface area contributed by atoms with E-state index in [-0.39, 0.29) is 5.91 Å². The molecule has 0 bridgehead atoms. The lowest BCUT2D eigenvalue weighted by Gasteiger charge is -2.14. The summed E-state index contributed by atoms with van der Waals surface area (Å²) in [7, 11) is 0. The number of carbonyl (C=O) groups excluding carboxylic acids is 1. The molecule has 0 fully saturated rings. The minimum absolute atomic E-state index is 0.0845. The van der Waals surface area contributed by atoms with E-state index < -0.39 is 4.32 Å². The maximum Gasteiger partial charge on any atom is 0.236 e. The third-order valence-corrected chi connectivity index (χ3v) is 2.25. The molecule has 0 aromatic carbocycles. The van der Waals surface area contributed by atoms with E-state index >= 15 is 0 Å². The summed E-state index contributed by atoms with van der Waals surface area (Å²) in [5, 5.41) is 2.73. The Morgan fingerprint density at radius 2 is 2.33 bits per heavy atom. The lowest BCUT2D eigenvalue weighted by atomic mass is 10.2. The molecule has 1 aromatic rings. The van der Waals surface area contributed by atoms with Crippen LogP contribution < -0.4 is 5.32 Å². The highest BCUT2D eigenvalue weighted by molar-refractivity contribution is 9.10. The van der Waals surface area contributed by atoms with E-state index in [2.05, 4.69) is 26.2 Å². The molecule has 1 heterocycles. The Bertz CT molecular complexity index is 341. The number of rotatable bonds is 4. The molecule has 1 rings (SSSR count). The van der Waals surface area contributed by atoms with Crippen LogP contribution in [0.15, 0.2) is 10.6 Å². The predicted octanol–water partition coefficient (Wildman–Crippen LogP) is 2.03. The summed E-state index contributed by atoms with van der Waals surface area (Å²) in [5.74, 6) is 1.29. The zero-order valence-corrected chi connectivity index (χ0v) is 10.7. The molecule has 1 amide bonds. The fourth-order valence-electron chi connectivity index (χ4n) is 0.959. The number of hydrogen-bond acceptors (Lipinski definition) is 3. The molecule has 1 N–H and O–H groups in total. The van der Waals surface area contributed by atoms with Gasteiger partial charge in [0.05, 0.1) is 17.1 Å². The number of aryl methyl sites for hydroxylation is 1. The average molecular weight is 275 g/mol. The Morgan fingerprint density at radius 3 is 2.80 bits per heavy atom. The smallest absolute Gasteiger partial charge is 0.236 e. The molecule has 0 radical (unpaired) electrons. The molecule has 0 aliphatic heterocycles. The van der Waals surface area contributed by atoms with Gasteiger partial charge in [-0.25, -0.2) is 4.98 Å². The van der Waals surface area contributed by atoms with Gasteiger partial charge in [-0.15, -0.1) is 0 Å². The summed E-state index contributed by atoms with van der Waals surface area (Å²) in [6, 6.07) is 0. The van der Waals surface area contributed by atoms with Gasteiger partial charge >= 0.3 is 0 Å². The number of nitrogens with zero attached hydrogens (tertiary/aromatic N) is 1. The maximum atomic E-state index is 11.5. The lowest BCUT2D eigenvalue weighted by molar-refractivity contribution is -0.122. The highest BCUT2D eigenvalue weighted by atomic mass is 79.9. The third-order valence-electron chi connectivity index (χ3n) is 1.89. The minimum Gasteiger partial charge on any atom is -0.444 e. The van der Waals surface area contributed by atoms with Crippen molar-refractivity contribution in [3.05, 3.63) is 17.8 Å². The highest BCUT2D eigenvalue weighted by Gasteiger charge is 2.23. The van der Waals surface area contributed by atoms with Gasteiger partial charge in [0.15, 0.2) is 0 Å². The fraction of sp³-hybridized carbons (Fsp3) is 0.600. The van der Waals surface area contributed by atoms with E-state index in [0.29, 0.717) is 12.4 Å². The monoisotopic (exact) mass is 274 g/mol. The van der Waals surface area contributed by atoms with E-state index in [4.69, 9.17) is 4.42 Å². The number of alkyl halides is 1. The number of nitrogens with one attached hydrogen (secondary N) is 1. The Kier molecular flexibility index (Phi) is 3.90. The van der Waals surface area contributed by atoms with Crippen molar-refractivity contribution >= 4 is 21.8 Å². The Morgan fingerprint density at radius 1 is 1.67 bits per heavy atom. The summed E-state index contributed by atoms with van der Waals surface area (Å²) >= 11 is 3.27. The van der Waals surface area contributed by atoms with Crippen molar-refractivity contribution in [3.63, 3.8) is 0 Å². The van der Waals surface area contributed by atoms with Crippen LogP contribution in [0.25, 0.3) is 0 Å². The predicted molar refractivity (Wildman–Crippen MR) is 60.7 cm³/mol. The van der Waals surface area contributed by atoms with Gasteiger partial charge in [0.25, 0.3) is 0 Å². The van der Waals surface area contributed by atoms with Crippen LogP contribution in [0.3, 0.4) is 0 Å². The first-order valence-electron chi connectivity index (χ1n) is 4.84. The van der Waals surface area contributed by atoms with E-state index in [0.717, 1.165) is 12.2 Å². The largest absolute Gasteiger partial charge is 0.444 e. The number of halogens is 1. The van der Waals surface area contributed by atoms with E-state index in [1.54, 1.807) is 20.0 Å². The molecule has 0 spiro atoms. The van der Waals surface area contributed by atoms with E-state index in [1.165, 1.54) is 0 Å². The number of oxazole rings is 1. The molecule has 0 saturated heterocycles. The number of amides is 1. The van der Waals surface area contributed by atoms with Crippen LogP contribution in [0.5, 0.6) is 0 Å². The van der Waals surface area contributed by atoms with Gasteiger partial charge in [0, 0.05) is 6.42 Å². The van der Waals surface area contributed by atoms with Crippen molar-refractivity contribution in [2.24, 2.45) is 0 Å². The van der Waals surface area contributed by atoms with Gasteiger partial charge in [-0.3, -0.25) is 4.79 Å². The first kappa shape index (κ1) is 12.2. The van der Waals surface area contributed by atoms with Gasteiger partial charge in [0.1, 0.15) is 5.76 Å². The third kappa shape index (κ3) is 3.66. The number of carbonyl (C=O) groups is 1. The zero-order valence-electron chi connectivity index (χ0n) is 9.13. The Hall–Kier alpha value is -0.840. The summed E-state index contributed by atoms with van der Waals surface area (Å²) in [4.78, 5) is 15.5. The van der Waals surface area contributed by atoms with Crippen LogP contribution in [0.2, 0.25) is 0 Å². The van der Waals surface area contributed by atoms with Crippen molar-refractivity contribution in [3.8, 4) is 0 Å². The first-order chi connectivity index (χ1) is 6.93. The van der Waals surface area contributed by atoms with Gasteiger partial charge in [0.2, 0.25) is 11.8 Å². The zero-order chi connectivity index (χ0) is 11.5. The maximum absolute atomic E-state index is 11.5. The first-order valence-corrected chi connectivity index (χ1v) is 5.63. The van der Waals surface area contributed by atoms with E-state index in [1.807, 2.05) is 6.92 Å². The number of hydrogen-bond donors (Lipinski definition) is 1.